The Morgan fingerprint density at radius 2 is 0.737 bits per heavy atom. The van der Waals surface area contributed by atoms with Gasteiger partial charge in [-0.3, -0.25) is 19.2 Å². The van der Waals surface area contributed by atoms with E-state index in [1.54, 1.807) is 55.4 Å². The molecule has 12 heteroatoms. The van der Waals surface area contributed by atoms with Crippen molar-refractivity contribution in [2.45, 2.75) is 105 Å². The van der Waals surface area contributed by atoms with E-state index < -0.39 is 59.7 Å². The second kappa shape index (κ2) is 16.6. The van der Waals surface area contributed by atoms with Gasteiger partial charge in [-0.1, -0.05) is 55.4 Å². The molecule has 0 bridgehead atoms. The molecule has 0 aromatic rings. The van der Waals surface area contributed by atoms with Crippen LogP contribution in [0.4, 0.5) is 0 Å². The predicted molar refractivity (Wildman–Crippen MR) is 141 cm³/mol. The molecule has 0 aliphatic heterocycles. The standard InChI is InChI=1S/C26H46N4O8/c1-13(2)19(23(33)29-21(15(5)6)25(35)36)27-17(31)11-9-10-12-18(32)28-20(14(3)4)24(34)30-22(16(7)8)26(37)38/h13-16,19-22H,9-12H2,1-8H3,(H,27,31)(H,28,32)(H,29,33)(H,30,34)(H,35,36)(H,37,38)/t19-,20-,21-,22-/m0/s1. The Morgan fingerprint density at radius 3 is 0.947 bits per heavy atom. The fourth-order valence-electron chi connectivity index (χ4n) is 3.65. The van der Waals surface area contributed by atoms with Crippen LogP contribution in [0.1, 0.15) is 81.1 Å². The number of unbranched alkanes of at least 4 members (excludes halogenated alkanes) is 1. The van der Waals surface area contributed by atoms with Gasteiger partial charge < -0.3 is 31.5 Å². The number of hydrogen-bond donors (Lipinski definition) is 6. The number of carbonyl (C=O) groups excluding carboxylic acids is 4. The van der Waals surface area contributed by atoms with E-state index in [-0.39, 0.29) is 36.5 Å². The molecule has 0 aromatic carbocycles. The maximum Gasteiger partial charge on any atom is 0.326 e. The molecule has 6 N–H and O–H groups in total. The first kappa shape index (κ1) is 34.8. The first-order chi connectivity index (χ1) is 17.5. The van der Waals surface area contributed by atoms with Crippen LogP contribution in [-0.4, -0.2) is 69.9 Å². The molecule has 38 heavy (non-hydrogen) atoms. The van der Waals surface area contributed by atoms with E-state index in [0.717, 1.165) is 0 Å². The number of hydrogen-bond acceptors (Lipinski definition) is 6. The SMILES string of the molecule is CC(C)[C@H](NC(=O)[C@@H](NC(=O)CCCCC(=O)N[C@H](C(=O)N[C@H](C(=O)O)C(C)C)C(C)C)C(C)C)C(=O)O. The topological polar surface area (TPSA) is 191 Å². The Labute approximate surface area is 225 Å². The Bertz CT molecular complexity index is 773. The second-order valence-corrected chi connectivity index (χ2v) is 10.9. The lowest BCUT2D eigenvalue weighted by Gasteiger charge is -2.25. The molecule has 0 heterocycles. The molecule has 0 saturated carbocycles. The molecule has 218 valence electrons. The molecule has 4 atom stereocenters. The zero-order valence-corrected chi connectivity index (χ0v) is 23.8. The van der Waals surface area contributed by atoms with Gasteiger partial charge in [0.25, 0.3) is 0 Å². The molecule has 0 rings (SSSR count). The van der Waals surface area contributed by atoms with Crippen molar-refractivity contribution in [1.82, 2.24) is 21.3 Å². The number of nitrogens with one attached hydrogen (secondary N) is 4. The fourth-order valence-corrected chi connectivity index (χ4v) is 3.65. The van der Waals surface area contributed by atoms with Gasteiger partial charge in [-0.15, -0.1) is 0 Å². The first-order valence-corrected chi connectivity index (χ1v) is 13.1. The summed E-state index contributed by atoms with van der Waals surface area (Å²) in [5.41, 5.74) is 0. The van der Waals surface area contributed by atoms with Crippen LogP contribution >= 0.6 is 0 Å². The normalized spacial score (nSPS) is 14.5. The van der Waals surface area contributed by atoms with Gasteiger partial charge >= 0.3 is 11.9 Å². The van der Waals surface area contributed by atoms with Crippen LogP contribution in [-0.2, 0) is 28.8 Å². The number of carboxylic acids is 2. The van der Waals surface area contributed by atoms with Crippen LogP contribution in [0.2, 0.25) is 0 Å². The molecule has 0 aliphatic carbocycles. The zero-order valence-electron chi connectivity index (χ0n) is 23.8. The lowest BCUT2D eigenvalue weighted by molar-refractivity contribution is -0.144. The molecular formula is C26H46N4O8. The molecule has 0 unspecified atom stereocenters. The van der Waals surface area contributed by atoms with Crippen molar-refractivity contribution >= 4 is 35.6 Å². The van der Waals surface area contributed by atoms with Gasteiger partial charge in [0.15, 0.2) is 0 Å². The minimum Gasteiger partial charge on any atom is -0.480 e. The average molecular weight is 543 g/mol. The monoisotopic (exact) mass is 542 g/mol. The summed E-state index contributed by atoms with van der Waals surface area (Å²) in [6.07, 6.45) is 0.809. The smallest absolute Gasteiger partial charge is 0.326 e. The highest BCUT2D eigenvalue weighted by Crippen LogP contribution is 2.10. The molecule has 0 fully saturated rings. The average Bonchev–Trinajstić information content (AvgIpc) is 2.78. The van der Waals surface area contributed by atoms with Gasteiger partial charge in [-0.2, -0.15) is 0 Å². The molecule has 0 aromatic heterocycles. The summed E-state index contributed by atoms with van der Waals surface area (Å²) in [6.45, 7) is 13.6. The van der Waals surface area contributed by atoms with Crippen LogP contribution in [0.25, 0.3) is 0 Å². The Balaban J connectivity index is 4.80. The Kier molecular flexibility index (Phi) is 15.2. The third-order valence-corrected chi connectivity index (χ3v) is 6.05. The number of carboxylic acid groups (broad SMARTS) is 2. The van der Waals surface area contributed by atoms with E-state index >= 15 is 0 Å². The molecule has 0 aliphatic rings. The summed E-state index contributed by atoms with van der Waals surface area (Å²) in [5, 5.41) is 28.8. The van der Waals surface area contributed by atoms with Crippen LogP contribution in [0, 0.1) is 23.7 Å². The first-order valence-electron chi connectivity index (χ1n) is 13.1. The fraction of sp³-hybridized carbons (Fsp3) is 0.769. The van der Waals surface area contributed by atoms with Crippen molar-refractivity contribution in [2.24, 2.45) is 23.7 Å². The molecule has 0 radical (unpaired) electrons. The lowest BCUT2D eigenvalue weighted by atomic mass is 9.99. The minimum atomic E-state index is -1.15. The van der Waals surface area contributed by atoms with Gasteiger partial charge in [-0.25, -0.2) is 9.59 Å². The highest BCUT2D eigenvalue weighted by atomic mass is 16.4. The highest BCUT2D eigenvalue weighted by Gasteiger charge is 2.31. The summed E-state index contributed by atoms with van der Waals surface area (Å²) < 4.78 is 0. The summed E-state index contributed by atoms with van der Waals surface area (Å²) in [6, 6.07) is -3.96. The maximum atomic E-state index is 12.6. The zero-order chi connectivity index (χ0) is 29.7. The van der Waals surface area contributed by atoms with Crippen molar-refractivity contribution < 1.29 is 39.0 Å². The summed E-state index contributed by atoms with van der Waals surface area (Å²) >= 11 is 0. The summed E-state index contributed by atoms with van der Waals surface area (Å²) in [4.78, 5) is 72.8. The van der Waals surface area contributed by atoms with E-state index in [1.807, 2.05) is 0 Å². The van der Waals surface area contributed by atoms with Crippen molar-refractivity contribution in [1.29, 1.82) is 0 Å². The number of rotatable bonds is 17. The molecule has 0 spiro atoms. The number of carbonyl (C=O) groups is 6. The number of amides is 4. The van der Waals surface area contributed by atoms with Crippen molar-refractivity contribution in [3.8, 4) is 0 Å². The van der Waals surface area contributed by atoms with Crippen molar-refractivity contribution in [2.75, 3.05) is 0 Å². The van der Waals surface area contributed by atoms with E-state index in [0.29, 0.717) is 12.8 Å². The summed E-state index contributed by atoms with van der Waals surface area (Å²) in [5.74, 6) is -5.47. The van der Waals surface area contributed by atoms with Gasteiger partial charge in [0.1, 0.15) is 24.2 Å². The maximum absolute atomic E-state index is 12.6. The quantitative estimate of drug-likeness (QED) is 0.148. The number of aliphatic carboxylic acids is 2. The second-order valence-electron chi connectivity index (χ2n) is 10.9. The van der Waals surface area contributed by atoms with Crippen molar-refractivity contribution in [3.05, 3.63) is 0 Å². The third-order valence-electron chi connectivity index (χ3n) is 6.05. The third kappa shape index (κ3) is 12.4. The van der Waals surface area contributed by atoms with Crippen LogP contribution in [0.5, 0.6) is 0 Å². The molecule has 0 saturated heterocycles. The van der Waals surface area contributed by atoms with E-state index in [9.17, 15) is 39.0 Å². The van der Waals surface area contributed by atoms with Crippen LogP contribution in [0.15, 0.2) is 0 Å². The Hall–Kier alpha value is -3.18. The van der Waals surface area contributed by atoms with E-state index in [1.165, 1.54) is 0 Å². The minimum absolute atomic E-state index is 0.0547. The van der Waals surface area contributed by atoms with Crippen LogP contribution in [0.3, 0.4) is 0 Å². The van der Waals surface area contributed by atoms with Gasteiger partial charge in [0.05, 0.1) is 0 Å². The molecule has 12 nitrogen and oxygen atoms in total. The lowest BCUT2D eigenvalue weighted by Crippen LogP contribution is -2.55. The predicted octanol–water partition coefficient (Wildman–Crippen LogP) is 1.28. The molecular weight excluding hydrogens is 496 g/mol. The Morgan fingerprint density at radius 1 is 0.474 bits per heavy atom. The molecule has 4 amide bonds. The van der Waals surface area contributed by atoms with E-state index in [2.05, 4.69) is 21.3 Å². The largest absolute Gasteiger partial charge is 0.480 e. The highest BCUT2D eigenvalue weighted by molar-refractivity contribution is 5.91. The van der Waals surface area contributed by atoms with Crippen LogP contribution < -0.4 is 21.3 Å². The van der Waals surface area contributed by atoms with E-state index in [4.69, 9.17) is 0 Å². The summed E-state index contributed by atoms with van der Waals surface area (Å²) in [7, 11) is 0. The van der Waals surface area contributed by atoms with Gasteiger partial charge in [-0.05, 0) is 36.5 Å². The van der Waals surface area contributed by atoms with Gasteiger partial charge in [0, 0.05) is 12.8 Å². The van der Waals surface area contributed by atoms with Crippen molar-refractivity contribution in [3.63, 3.8) is 0 Å². The van der Waals surface area contributed by atoms with Gasteiger partial charge in [0.2, 0.25) is 23.6 Å².